The molecule has 2 rings (SSSR count). The van der Waals surface area contributed by atoms with E-state index in [2.05, 4.69) is 20.4 Å². The summed E-state index contributed by atoms with van der Waals surface area (Å²) in [6.07, 6.45) is 5.10. The molecule has 1 atom stereocenters. The zero-order chi connectivity index (χ0) is 14.2. The van der Waals surface area contributed by atoms with Crippen LogP contribution in [0.1, 0.15) is 32.6 Å². The Bertz CT molecular complexity index is 293. The molecular formula is C15H32Cl2N4O. The van der Waals surface area contributed by atoms with Crippen LogP contribution in [-0.4, -0.2) is 74.1 Å². The molecule has 0 spiro atoms. The molecule has 2 aliphatic heterocycles. The summed E-state index contributed by atoms with van der Waals surface area (Å²) in [5.41, 5.74) is 0. The number of halogens is 2. The van der Waals surface area contributed by atoms with E-state index >= 15 is 0 Å². The maximum Gasteiger partial charge on any atom is 0.237 e. The Morgan fingerprint density at radius 2 is 1.64 bits per heavy atom. The number of carbonyl (C=O) groups excluding carboxylic acids is 1. The van der Waals surface area contributed by atoms with Crippen LogP contribution in [0.5, 0.6) is 0 Å². The summed E-state index contributed by atoms with van der Waals surface area (Å²) < 4.78 is 0. The average molecular weight is 355 g/mol. The van der Waals surface area contributed by atoms with Gasteiger partial charge < -0.3 is 10.6 Å². The second kappa shape index (κ2) is 12.4. The third-order valence-electron chi connectivity index (χ3n) is 4.50. The Morgan fingerprint density at radius 3 is 2.23 bits per heavy atom. The van der Waals surface area contributed by atoms with Crippen LogP contribution in [0.15, 0.2) is 0 Å². The lowest BCUT2D eigenvalue weighted by molar-refractivity contribution is -0.125. The molecule has 0 aromatic heterocycles. The van der Waals surface area contributed by atoms with Crippen LogP contribution in [-0.2, 0) is 4.79 Å². The van der Waals surface area contributed by atoms with Gasteiger partial charge in [0.25, 0.3) is 0 Å². The first-order valence-electron chi connectivity index (χ1n) is 8.22. The fourth-order valence-corrected chi connectivity index (χ4v) is 3.07. The van der Waals surface area contributed by atoms with Crippen LogP contribution in [0.25, 0.3) is 0 Å². The lowest BCUT2D eigenvalue weighted by Crippen LogP contribution is -2.49. The minimum Gasteiger partial charge on any atom is -0.353 e. The van der Waals surface area contributed by atoms with Crippen molar-refractivity contribution in [2.45, 2.75) is 38.6 Å². The monoisotopic (exact) mass is 354 g/mol. The van der Waals surface area contributed by atoms with Gasteiger partial charge in [0, 0.05) is 39.3 Å². The van der Waals surface area contributed by atoms with Gasteiger partial charge in [-0.2, -0.15) is 0 Å². The van der Waals surface area contributed by atoms with Gasteiger partial charge in [0.1, 0.15) is 0 Å². The lowest BCUT2D eigenvalue weighted by Gasteiger charge is -2.29. The van der Waals surface area contributed by atoms with Crippen molar-refractivity contribution in [3.63, 3.8) is 0 Å². The third-order valence-corrected chi connectivity index (χ3v) is 4.50. The molecule has 1 unspecified atom stereocenters. The third kappa shape index (κ3) is 7.47. The second-order valence-corrected chi connectivity index (χ2v) is 6.01. The minimum absolute atomic E-state index is 0. The standard InChI is InChI=1S/C15H30N4O.2ClH/c1-14(19-9-4-2-3-5-10-19)15(20)17-8-13-18-11-6-16-7-12-18;;/h14,16H,2-13H2,1H3,(H,17,20);2*1H. The Balaban J connectivity index is 0.00000220. The van der Waals surface area contributed by atoms with Crippen molar-refractivity contribution in [3.8, 4) is 0 Å². The number of hydrogen-bond donors (Lipinski definition) is 2. The fourth-order valence-electron chi connectivity index (χ4n) is 3.07. The van der Waals surface area contributed by atoms with Crippen molar-refractivity contribution in [1.29, 1.82) is 0 Å². The topological polar surface area (TPSA) is 47.6 Å². The molecule has 2 N–H and O–H groups in total. The predicted molar refractivity (Wildman–Crippen MR) is 96.3 cm³/mol. The summed E-state index contributed by atoms with van der Waals surface area (Å²) in [6.45, 7) is 10.3. The number of carbonyl (C=O) groups is 1. The van der Waals surface area contributed by atoms with E-state index in [4.69, 9.17) is 0 Å². The summed E-state index contributed by atoms with van der Waals surface area (Å²) in [5.74, 6) is 0.196. The van der Waals surface area contributed by atoms with Crippen LogP contribution in [0.4, 0.5) is 0 Å². The molecule has 0 aromatic rings. The molecule has 0 saturated carbocycles. The van der Waals surface area contributed by atoms with E-state index in [1.165, 1.54) is 25.7 Å². The van der Waals surface area contributed by atoms with Crippen molar-refractivity contribution in [1.82, 2.24) is 20.4 Å². The first-order valence-corrected chi connectivity index (χ1v) is 8.22. The molecule has 0 radical (unpaired) electrons. The maximum absolute atomic E-state index is 12.2. The van der Waals surface area contributed by atoms with Crippen molar-refractivity contribution in [2.24, 2.45) is 0 Å². The van der Waals surface area contributed by atoms with Gasteiger partial charge >= 0.3 is 0 Å². The van der Waals surface area contributed by atoms with Gasteiger partial charge in [-0.1, -0.05) is 12.8 Å². The van der Waals surface area contributed by atoms with Gasteiger partial charge in [-0.25, -0.2) is 0 Å². The van der Waals surface area contributed by atoms with E-state index in [1.54, 1.807) is 0 Å². The van der Waals surface area contributed by atoms with Gasteiger partial charge in [0.05, 0.1) is 6.04 Å². The van der Waals surface area contributed by atoms with Crippen LogP contribution < -0.4 is 10.6 Å². The first kappa shape index (κ1) is 21.9. The molecule has 2 saturated heterocycles. The number of piperazine rings is 1. The Kier molecular flexibility index (Phi) is 12.3. The molecule has 0 bridgehead atoms. The van der Waals surface area contributed by atoms with E-state index in [-0.39, 0.29) is 36.8 Å². The van der Waals surface area contributed by atoms with E-state index < -0.39 is 0 Å². The SMILES string of the molecule is CC(C(=O)NCCN1CCNCC1)N1CCCCCC1.Cl.Cl. The highest BCUT2D eigenvalue weighted by molar-refractivity contribution is 5.85. The van der Waals surface area contributed by atoms with Crippen LogP contribution in [0.2, 0.25) is 0 Å². The van der Waals surface area contributed by atoms with Gasteiger partial charge in [-0.15, -0.1) is 24.8 Å². The summed E-state index contributed by atoms with van der Waals surface area (Å²) in [6, 6.07) is 0.0242. The average Bonchev–Trinajstić information content (AvgIpc) is 2.76. The Morgan fingerprint density at radius 1 is 1.05 bits per heavy atom. The molecule has 0 aliphatic carbocycles. The van der Waals surface area contributed by atoms with Crippen molar-refractivity contribution >= 4 is 30.7 Å². The molecule has 1 amide bonds. The summed E-state index contributed by atoms with van der Waals surface area (Å²) in [7, 11) is 0. The smallest absolute Gasteiger partial charge is 0.237 e. The minimum atomic E-state index is 0. The van der Waals surface area contributed by atoms with Crippen LogP contribution in [0, 0.1) is 0 Å². The van der Waals surface area contributed by atoms with Crippen molar-refractivity contribution in [2.75, 3.05) is 52.4 Å². The number of amides is 1. The normalized spacial score (nSPS) is 21.9. The van der Waals surface area contributed by atoms with Crippen molar-refractivity contribution < 1.29 is 4.79 Å². The van der Waals surface area contributed by atoms with E-state index in [1.807, 2.05) is 6.92 Å². The lowest BCUT2D eigenvalue weighted by atomic mass is 10.2. The fraction of sp³-hybridized carbons (Fsp3) is 0.933. The number of nitrogens with zero attached hydrogens (tertiary/aromatic N) is 2. The summed E-state index contributed by atoms with van der Waals surface area (Å²) in [4.78, 5) is 17.0. The molecule has 7 heteroatoms. The Hall–Kier alpha value is -0.0700. The number of rotatable bonds is 5. The molecule has 2 aliphatic rings. The zero-order valence-electron chi connectivity index (χ0n) is 13.7. The number of nitrogens with one attached hydrogen (secondary N) is 2. The molecule has 22 heavy (non-hydrogen) atoms. The van der Waals surface area contributed by atoms with E-state index in [0.29, 0.717) is 0 Å². The molecule has 0 aromatic carbocycles. The quantitative estimate of drug-likeness (QED) is 0.776. The molecule has 5 nitrogen and oxygen atoms in total. The number of likely N-dealkylation sites (tertiary alicyclic amines) is 1. The highest BCUT2D eigenvalue weighted by Crippen LogP contribution is 2.12. The van der Waals surface area contributed by atoms with Crippen LogP contribution >= 0.6 is 24.8 Å². The van der Waals surface area contributed by atoms with E-state index in [9.17, 15) is 4.79 Å². The summed E-state index contributed by atoms with van der Waals surface area (Å²) >= 11 is 0. The Labute approximate surface area is 147 Å². The van der Waals surface area contributed by atoms with Gasteiger partial charge in [0.2, 0.25) is 5.91 Å². The molecule has 2 fully saturated rings. The van der Waals surface area contributed by atoms with Gasteiger partial charge in [0.15, 0.2) is 0 Å². The van der Waals surface area contributed by atoms with Gasteiger partial charge in [-0.05, 0) is 32.9 Å². The second-order valence-electron chi connectivity index (χ2n) is 6.01. The predicted octanol–water partition coefficient (Wildman–Crippen LogP) is 1.12. The van der Waals surface area contributed by atoms with Crippen LogP contribution in [0.3, 0.4) is 0 Å². The first-order chi connectivity index (χ1) is 9.77. The molecular weight excluding hydrogens is 323 g/mol. The molecule has 132 valence electrons. The summed E-state index contributed by atoms with van der Waals surface area (Å²) in [5, 5.41) is 6.45. The highest BCUT2D eigenvalue weighted by Gasteiger charge is 2.21. The molecule has 2 heterocycles. The maximum atomic E-state index is 12.2. The van der Waals surface area contributed by atoms with E-state index in [0.717, 1.165) is 52.4 Å². The van der Waals surface area contributed by atoms with Crippen molar-refractivity contribution in [3.05, 3.63) is 0 Å². The highest BCUT2D eigenvalue weighted by atomic mass is 35.5. The number of hydrogen-bond acceptors (Lipinski definition) is 4. The largest absolute Gasteiger partial charge is 0.353 e. The zero-order valence-corrected chi connectivity index (χ0v) is 15.3. The van der Waals surface area contributed by atoms with Gasteiger partial charge in [-0.3, -0.25) is 14.6 Å².